The van der Waals surface area contributed by atoms with Crippen LogP contribution in [0.4, 0.5) is 10.5 Å². The monoisotopic (exact) mass is 378 g/mol. The smallest absolute Gasteiger partial charge is 0.411 e. The van der Waals surface area contributed by atoms with E-state index in [2.05, 4.69) is 5.32 Å². The summed E-state index contributed by atoms with van der Waals surface area (Å²) in [7, 11) is 1.43. The van der Waals surface area contributed by atoms with Crippen molar-refractivity contribution in [3.05, 3.63) is 29.3 Å². The van der Waals surface area contributed by atoms with Gasteiger partial charge in [0.2, 0.25) is 0 Å². The maximum absolute atomic E-state index is 12.5. The van der Waals surface area contributed by atoms with Crippen LogP contribution in [0.2, 0.25) is 0 Å². The minimum atomic E-state index is -1.18. The molecular weight excluding hydrogens is 352 g/mol. The molecule has 2 atom stereocenters. The molecule has 0 saturated carbocycles. The van der Waals surface area contributed by atoms with Crippen molar-refractivity contribution in [1.82, 2.24) is 4.90 Å². The molecule has 0 fully saturated rings. The first-order chi connectivity index (χ1) is 12.5. The summed E-state index contributed by atoms with van der Waals surface area (Å²) < 4.78 is 10.4. The number of methoxy groups -OCH3 is 1. The van der Waals surface area contributed by atoms with Crippen LogP contribution in [0.15, 0.2) is 18.2 Å². The van der Waals surface area contributed by atoms with E-state index in [0.29, 0.717) is 23.2 Å². The molecule has 2 unspecified atom stereocenters. The molecule has 2 amide bonds. The summed E-state index contributed by atoms with van der Waals surface area (Å²) in [4.78, 5) is 37.8. The number of anilines is 1. The molecule has 0 aromatic heterocycles. The van der Waals surface area contributed by atoms with Gasteiger partial charge in [0.05, 0.1) is 0 Å². The number of amides is 2. The number of aliphatic carboxylic acids is 1. The van der Waals surface area contributed by atoms with E-state index in [1.807, 2.05) is 0 Å². The van der Waals surface area contributed by atoms with E-state index in [4.69, 9.17) is 9.47 Å². The zero-order valence-corrected chi connectivity index (χ0v) is 16.2. The lowest BCUT2D eigenvalue weighted by atomic mass is 9.91. The van der Waals surface area contributed by atoms with Crippen molar-refractivity contribution in [2.24, 2.45) is 0 Å². The second-order valence-corrected chi connectivity index (χ2v) is 7.41. The highest BCUT2D eigenvalue weighted by Gasteiger charge is 2.39. The third kappa shape index (κ3) is 4.77. The fourth-order valence-electron chi connectivity index (χ4n) is 2.91. The van der Waals surface area contributed by atoms with Gasteiger partial charge in [-0.15, -0.1) is 0 Å². The molecule has 1 heterocycles. The standard InChI is InChI=1S/C19H26N2O6/c1-11(26-5)16(22)20-14-8-6-7-13-12(14)9-10-21(15(13)17(23)24)18(25)27-19(2,3)4/h6-8,11,15H,9-10H2,1-5H3,(H,20,22)(H,23,24). The number of nitrogens with one attached hydrogen (secondary N) is 1. The molecule has 1 aromatic rings. The molecule has 1 aliphatic rings. The number of hydrogen-bond acceptors (Lipinski definition) is 5. The van der Waals surface area contributed by atoms with Gasteiger partial charge in [-0.05, 0) is 51.3 Å². The Morgan fingerprint density at radius 3 is 2.52 bits per heavy atom. The molecule has 8 heteroatoms. The maximum atomic E-state index is 12.5. The molecule has 1 aliphatic heterocycles. The summed E-state index contributed by atoms with van der Waals surface area (Å²) >= 11 is 0. The van der Waals surface area contributed by atoms with Gasteiger partial charge in [0.15, 0.2) is 6.04 Å². The molecule has 0 spiro atoms. The van der Waals surface area contributed by atoms with Crippen molar-refractivity contribution in [3.8, 4) is 0 Å². The summed E-state index contributed by atoms with van der Waals surface area (Å²) in [6.45, 7) is 6.97. The Morgan fingerprint density at radius 2 is 1.96 bits per heavy atom. The molecule has 0 saturated heterocycles. The third-order valence-electron chi connectivity index (χ3n) is 4.26. The average Bonchev–Trinajstić information content (AvgIpc) is 2.58. The van der Waals surface area contributed by atoms with Gasteiger partial charge in [0.25, 0.3) is 5.91 Å². The Hall–Kier alpha value is -2.61. The van der Waals surface area contributed by atoms with Crippen LogP contribution in [0.3, 0.4) is 0 Å². The molecule has 27 heavy (non-hydrogen) atoms. The van der Waals surface area contributed by atoms with E-state index >= 15 is 0 Å². The third-order valence-corrected chi connectivity index (χ3v) is 4.26. The largest absolute Gasteiger partial charge is 0.479 e. The van der Waals surface area contributed by atoms with Crippen LogP contribution < -0.4 is 5.32 Å². The molecule has 0 bridgehead atoms. The van der Waals surface area contributed by atoms with E-state index in [9.17, 15) is 19.5 Å². The molecular formula is C19H26N2O6. The van der Waals surface area contributed by atoms with Crippen LogP contribution in [-0.4, -0.2) is 53.3 Å². The van der Waals surface area contributed by atoms with E-state index in [1.54, 1.807) is 45.9 Å². The Bertz CT molecular complexity index is 740. The summed E-state index contributed by atoms with van der Waals surface area (Å²) in [6.07, 6.45) is -0.920. The van der Waals surface area contributed by atoms with Crippen molar-refractivity contribution < 1.29 is 29.0 Å². The molecule has 2 rings (SSSR count). The zero-order valence-electron chi connectivity index (χ0n) is 16.2. The Balaban J connectivity index is 2.36. The highest BCUT2D eigenvalue weighted by Crippen LogP contribution is 2.35. The lowest BCUT2D eigenvalue weighted by Gasteiger charge is -2.36. The second-order valence-electron chi connectivity index (χ2n) is 7.41. The van der Waals surface area contributed by atoms with Gasteiger partial charge >= 0.3 is 12.1 Å². The number of carbonyl (C=O) groups excluding carboxylic acids is 2. The average molecular weight is 378 g/mol. The number of rotatable bonds is 4. The SMILES string of the molecule is COC(C)C(=O)Nc1cccc2c1CCN(C(=O)OC(C)(C)C)C2C(=O)O. The Kier molecular flexibility index (Phi) is 6.10. The molecule has 8 nitrogen and oxygen atoms in total. The van der Waals surface area contributed by atoms with Crippen LogP contribution in [0, 0.1) is 0 Å². The topological polar surface area (TPSA) is 105 Å². The van der Waals surface area contributed by atoms with Crippen LogP contribution in [0.5, 0.6) is 0 Å². The fourth-order valence-corrected chi connectivity index (χ4v) is 2.91. The van der Waals surface area contributed by atoms with Crippen LogP contribution in [0.1, 0.15) is 44.9 Å². The summed E-state index contributed by atoms with van der Waals surface area (Å²) in [5.74, 6) is -1.48. The number of ether oxygens (including phenoxy) is 2. The maximum Gasteiger partial charge on any atom is 0.411 e. The van der Waals surface area contributed by atoms with Gasteiger partial charge < -0.3 is 19.9 Å². The van der Waals surface area contributed by atoms with E-state index in [-0.39, 0.29) is 12.5 Å². The van der Waals surface area contributed by atoms with Crippen molar-refractivity contribution in [1.29, 1.82) is 0 Å². The first-order valence-corrected chi connectivity index (χ1v) is 8.73. The van der Waals surface area contributed by atoms with Gasteiger partial charge in [-0.25, -0.2) is 9.59 Å². The highest BCUT2D eigenvalue weighted by atomic mass is 16.6. The number of nitrogens with zero attached hydrogens (tertiary/aromatic N) is 1. The second kappa shape index (κ2) is 7.96. The van der Waals surface area contributed by atoms with Gasteiger partial charge in [-0.1, -0.05) is 12.1 Å². The van der Waals surface area contributed by atoms with Crippen molar-refractivity contribution in [3.63, 3.8) is 0 Å². The quantitative estimate of drug-likeness (QED) is 0.834. The molecule has 148 valence electrons. The van der Waals surface area contributed by atoms with Crippen molar-refractivity contribution in [2.45, 2.75) is 51.9 Å². The lowest BCUT2D eigenvalue weighted by molar-refractivity contribution is -0.143. The Morgan fingerprint density at radius 1 is 1.30 bits per heavy atom. The summed E-state index contributed by atoms with van der Waals surface area (Å²) in [6, 6.07) is 3.84. The minimum absolute atomic E-state index is 0.172. The van der Waals surface area contributed by atoms with Gasteiger partial charge in [-0.2, -0.15) is 0 Å². The number of carboxylic acid groups (broad SMARTS) is 1. The molecule has 0 aliphatic carbocycles. The Labute approximate surface area is 158 Å². The van der Waals surface area contributed by atoms with Gasteiger partial charge in [-0.3, -0.25) is 9.69 Å². The number of carboxylic acids is 1. The number of fused-ring (bicyclic) bond motifs is 1. The summed E-state index contributed by atoms with van der Waals surface area (Å²) in [5.41, 5.74) is 0.951. The molecule has 2 N–H and O–H groups in total. The van der Waals surface area contributed by atoms with E-state index < -0.39 is 29.8 Å². The van der Waals surface area contributed by atoms with Crippen LogP contribution >= 0.6 is 0 Å². The zero-order chi connectivity index (χ0) is 20.4. The number of hydrogen-bond donors (Lipinski definition) is 2. The fraction of sp³-hybridized carbons (Fsp3) is 0.526. The van der Waals surface area contributed by atoms with Crippen molar-refractivity contribution in [2.75, 3.05) is 19.0 Å². The normalized spacial score (nSPS) is 17.7. The first kappa shape index (κ1) is 20.7. The van der Waals surface area contributed by atoms with Gasteiger partial charge in [0, 0.05) is 19.3 Å². The van der Waals surface area contributed by atoms with Crippen LogP contribution in [-0.2, 0) is 25.5 Å². The van der Waals surface area contributed by atoms with E-state index in [1.165, 1.54) is 12.0 Å². The van der Waals surface area contributed by atoms with Crippen molar-refractivity contribution >= 4 is 23.7 Å². The minimum Gasteiger partial charge on any atom is -0.479 e. The van der Waals surface area contributed by atoms with Crippen LogP contribution in [0.25, 0.3) is 0 Å². The van der Waals surface area contributed by atoms with E-state index in [0.717, 1.165) is 0 Å². The predicted molar refractivity (Wildman–Crippen MR) is 98.6 cm³/mol. The highest BCUT2D eigenvalue weighted by molar-refractivity contribution is 5.95. The molecule has 0 radical (unpaired) electrons. The predicted octanol–water partition coefficient (Wildman–Crippen LogP) is 2.58. The lowest BCUT2D eigenvalue weighted by Crippen LogP contribution is -2.46. The number of carbonyl (C=O) groups is 3. The number of benzene rings is 1. The summed E-state index contributed by atoms with van der Waals surface area (Å²) in [5, 5.41) is 12.5. The first-order valence-electron chi connectivity index (χ1n) is 8.73. The van der Waals surface area contributed by atoms with Gasteiger partial charge in [0.1, 0.15) is 11.7 Å². The molecule has 1 aromatic carbocycles.